The van der Waals surface area contributed by atoms with Crippen LogP contribution in [0.4, 0.5) is 0 Å². The zero-order valence-corrected chi connectivity index (χ0v) is 14.8. The summed E-state index contributed by atoms with van der Waals surface area (Å²) in [4.78, 5) is 29.1. The molecule has 2 aliphatic rings. The first-order valence-electron chi connectivity index (χ1n) is 9.20. The Bertz CT molecular complexity index is 590. The molecular weight excluding hydrogens is 304 g/mol. The monoisotopic (exact) mass is 332 g/mol. The van der Waals surface area contributed by atoms with Crippen LogP contribution >= 0.6 is 0 Å². The number of likely N-dealkylation sites (tertiary alicyclic amines) is 2. The van der Waals surface area contributed by atoms with Gasteiger partial charge in [0.1, 0.15) is 5.69 Å². The van der Waals surface area contributed by atoms with Crippen molar-refractivity contribution in [3.63, 3.8) is 0 Å². The van der Waals surface area contributed by atoms with E-state index < -0.39 is 0 Å². The largest absolute Gasteiger partial charge is 0.342 e. The number of aromatic amines is 1. The summed E-state index contributed by atoms with van der Waals surface area (Å²) in [6, 6.07) is 1.83. The number of H-pyrrole nitrogens is 1. The second-order valence-electron chi connectivity index (χ2n) is 7.23. The number of carbonyl (C=O) groups excluding carboxylic acids is 2. The summed E-state index contributed by atoms with van der Waals surface area (Å²) in [6.45, 7) is 7.33. The van der Waals surface area contributed by atoms with Gasteiger partial charge in [0.15, 0.2) is 0 Å². The maximum absolute atomic E-state index is 12.7. The van der Waals surface area contributed by atoms with E-state index in [-0.39, 0.29) is 11.8 Å². The van der Waals surface area contributed by atoms with Crippen molar-refractivity contribution in [3.05, 3.63) is 17.5 Å². The van der Waals surface area contributed by atoms with Crippen LogP contribution < -0.4 is 0 Å². The van der Waals surface area contributed by atoms with Crippen LogP contribution in [-0.2, 0) is 11.2 Å². The number of nitrogens with one attached hydrogen (secondary N) is 1. The number of aromatic nitrogens is 2. The molecule has 0 spiro atoms. The first-order chi connectivity index (χ1) is 11.6. The molecule has 3 rings (SSSR count). The molecule has 3 heterocycles. The average Bonchev–Trinajstić information content (AvgIpc) is 3.10. The number of piperidine rings is 2. The predicted octanol–water partition coefficient (Wildman–Crippen LogP) is 2.08. The summed E-state index contributed by atoms with van der Waals surface area (Å²) in [5.74, 6) is 0.951. The Kier molecular flexibility index (Phi) is 5.21. The second-order valence-corrected chi connectivity index (χ2v) is 7.23. The Labute approximate surface area is 143 Å². The molecule has 0 aliphatic carbocycles. The molecule has 24 heavy (non-hydrogen) atoms. The lowest BCUT2D eigenvalue weighted by atomic mass is 9.92. The zero-order valence-electron chi connectivity index (χ0n) is 14.8. The Balaban J connectivity index is 1.53. The Morgan fingerprint density at radius 1 is 1.21 bits per heavy atom. The van der Waals surface area contributed by atoms with Crippen LogP contribution in [0.2, 0.25) is 0 Å². The van der Waals surface area contributed by atoms with Crippen LogP contribution in [0, 0.1) is 11.8 Å². The van der Waals surface area contributed by atoms with Gasteiger partial charge < -0.3 is 9.80 Å². The first kappa shape index (κ1) is 17.0. The van der Waals surface area contributed by atoms with E-state index in [0.717, 1.165) is 44.5 Å². The number of hydrogen-bond donors (Lipinski definition) is 1. The normalized spacial score (nSPS) is 22.7. The van der Waals surface area contributed by atoms with Crippen LogP contribution in [0.15, 0.2) is 6.07 Å². The van der Waals surface area contributed by atoms with Crippen LogP contribution in [0.5, 0.6) is 0 Å². The van der Waals surface area contributed by atoms with Gasteiger partial charge in [-0.2, -0.15) is 5.10 Å². The van der Waals surface area contributed by atoms with Crippen molar-refractivity contribution in [2.45, 2.75) is 46.0 Å². The maximum atomic E-state index is 12.7. The summed E-state index contributed by atoms with van der Waals surface area (Å²) in [7, 11) is 0. The summed E-state index contributed by atoms with van der Waals surface area (Å²) >= 11 is 0. The number of amides is 2. The minimum Gasteiger partial charge on any atom is -0.342 e. The zero-order chi connectivity index (χ0) is 17.1. The third-order valence-electron chi connectivity index (χ3n) is 5.33. The van der Waals surface area contributed by atoms with Gasteiger partial charge in [0.2, 0.25) is 5.91 Å². The van der Waals surface area contributed by atoms with Gasteiger partial charge in [-0.05, 0) is 44.1 Å². The molecule has 1 aromatic rings. The van der Waals surface area contributed by atoms with Gasteiger partial charge in [-0.3, -0.25) is 14.7 Å². The van der Waals surface area contributed by atoms with Crippen LogP contribution in [0.1, 0.15) is 55.7 Å². The molecule has 0 radical (unpaired) electrons. The minimum atomic E-state index is -0.0246. The molecule has 6 nitrogen and oxygen atoms in total. The van der Waals surface area contributed by atoms with E-state index in [2.05, 4.69) is 17.1 Å². The second kappa shape index (κ2) is 7.36. The highest BCUT2D eigenvalue weighted by Crippen LogP contribution is 2.24. The number of rotatable bonds is 3. The number of aryl methyl sites for hydroxylation is 1. The average molecular weight is 332 g/mol. The fourth-order valence-electron chi connectivity index (χ4n) is 3.79. The van der Waals surface area contributed by atoms with Gasteiger partial charge >= 0.3 is 0 Å². The van der Waals surface area contributed by atoms with Gasteiger partial charge in [0.05, 0.1) is 0 Å². The van der Waals surface area contributed by atoms with Gasteiger partial charge in [0.25, 0.3) is 5.91 Å². The summed E-state index contributed by atoms with van der Waals surface area (Å²) in [6.07, 6.45) is 4.70. The molecule has 1 atom stereocenters. The molecule has 0 aromatic carbocycles. The molecule has 1 N–H and O–H groups in total. The smallest absolute Gasteiger partial charge is 0.274 e. The molecule has 2 fully saturated rings. The molecule has 2 aliphatic heterocycles. The quantitative estimate of drug-likeness (QED) is 0.921. The highest BCUT2D eigenvalue weighted by atomic mass is 16.2. The third kappa shape index (κ3) is 3.62. The van der Waals surface area contributed by atoms with E-state index in [9.17, 15) is 9.59 Å². The molecule has 1 unspecified atom stereocenters. The van der Waals surface area contributed by atoms with Gasteiger partial charge in [-0.15, -0.1) is 0 Å². The van der Waals surface area contributed by atoms with Crippen molar-refractivity contribution in [2.75, 3.05) is 26.2 Å². The van der Waals surface area contributed by atoms with Gasteiger partial charge in [-0.1, -0.05) is 13.8 Å². The lowest BCUT2D eigenvalue weighted by Gasteiger charge is -2.37. The van der Waals surface area contributed by atoms with Gasteiger partial charge in [-0.25, -0.2) is 0 Å². The van der Waals surface area contributed by atoms with Crippen LogP contribution in [0.25, 0.3) is 0 Å². The van der Waals surface area contributed by atoms with Crippen molar-refractivity contribution in [1.82, 2.24) is 20.0 Å². The lowest BCUT2D eigenvalue weighted by molar-refractivity contribution is -0.138. The lowest BCUT2D eigenvalue weighted by Crippen LogP contribution is -2.47. The number of nitrogens with zero attached hydrogens (tertiary/aromatic N) is 3. The van der Waals surface area contributed by atoms with E-state index in [1.165, 1.54) is 6.42 Å². The molecule has 132 valence electrons. The highest BCUT2D eigenvalue weighted by Gasteiger charge is 2.32. The van der Waals surface area contributed by atoms with Crippen molar-refractivity contribution in [1.29, 1.82) is 0 Å². The SMILES string of the molecule is CCc1cc(C(=O)N2CCC(C(=O)N3CCCC(C)C3)CC2)n[nH]1. The molecule has 0 saturated carbocycles. The summed E-state index contributed by atoms with van der Waals surface area (Å²) in [5, 5.41) is 7.00. The predicted molar refractivity (Wildman–Crippen MR) is 91.6 cm³/mol. The number of carbonyl (C=O) groups is 2. The summed E-state index contributed by atoms with van der Waals surface area (Å²) < 4.78 is 0. The Morgan fingerprint density at radius 3 is 2.58 bits per heavy atom. The van der Waals surface area contributed by atoms with Crippen LogP contribution in [0.3, 0.4) is 0 Å². The molecule has 2 saturated heterocycles. The fourth-order valence-corrected chi connectivity index (χ4v) is 3.79. The van der Waals surface area contributed by atoms with E-state index in [0.29, 0.717) is 30.6 Å². The van der Waals surface area contributed by atoms with Crippen molar-refractivity contribution in [3.8, 4) is 0 Å². The number of hydrogen-bond acceptors (Lipinski definition) is 3. The Hall–Kier alpha value is -1.85. The maximum Gasteiger partial charge on any atom is 0.274 e. The first-order valence-corrected chi connectivity index (χ1v) is 9.20. The van der Waals surface area contributed by atoms with Gasteiger partial charge in [0, 0.05) is 37.8 Å². The van der Waals surface area contributed by atoms with Crippen molar-refractivity contribution < 1.29 is 9.59 Å². The van der Waals surface area contributed by atoms with E-state index >= 15 is 0 Å². The van der Waals surface area contributed by atoms with E-state index in [1.807, 2.05) is 22.8 Å². The fraction of sp³-hybridized carbons (Fsp3) is 0.722. The van der Waals surface area contributed by atoms with Crippen LogP contribution in [-0.4, -0.2) is 58.0 Å². The third-order valence-corrected chi connectivity index (χ3v) is 5.33. The molecule has 6 heteroatoms. The minimum absolute atomic E-state index is 0.0246. The molecule has 0 bridgehead atoms. The highest BCUT2D eigenvalue weighted by molar-refractivity contribution is 5.92. The topological polar surface area (TPSA) is 69.3 Å². The molecular formula is C18H28N4O2. The molecule has 1 aromatic heterocycles. The molecule has 2 amide bonds. The van der Waals surface area contributed by atoms with Crippen molar-refractivity contribution in [2.24, 2.45) is 11.8 Å². The van der Waals surface area contributed by atoms with E-state index in [4.69, 9.17) is 0 Å². The summed E-state index contributed by atoms with van der Waals surface area (Å²) in [5.41, 5.74) is 1.46. The van der Waals surface area contributed by atoms with E-state index in [1.54, 1.807) is 0 Å². The Morgan fingerprint density at radius 2 is 1.96 bits per heavy atom. The standard InChI is InChI=1S/C18H28N4O2/c1-3-15-11-16(20-19-15)18(24)21-9-6-14(7-10-21)17(23)22-8-4-5-13(2)12-22/h11,13-14H,3-10,12H2,1-2H3,(H,19,20). The van der Waals surface area contributed by atoms with Crippen molar-refractivity contribution >= 4 is 11.8 Å².